The van der Waals surface area contributed by atoms with Crippen molar-refractivity contribution < 1.29 is 24.9 Å². The first kappa shape index (κ1) is 23.2. The summed E-state index contributed by atoms with van der Waals surface area (Å²) < 4.78 is 5.79. The maximum Gasteiger partial charge on any atom is 0.237 e. The molecule has 2 rings (SSSR count). The summed E-state index contributed by atoms with van der Waals surface area (Å²) in [6.45, 7) is 4.74. The lowest BCUT2D eigenvalue weighted by Crippen LogP contribution is -2.65. The summed E-state index contributed by atoms with van der Waals surface area (Å²) in [5.74, 6) is 0.350. The SMILES string of the molecule is CCCC1CC(C(=O)N[C@H]([C@H]2O[C@H](SC)[C@H](O)[C@@H](O)[C@H]2O)[C@@H](C)Cl)N(C)C1. The van der Waals surface area contributed by atoms with Crippen LogP contribution in [0.3, 0.4) is 0 Å². The Morgan fingerprint density at radius 1 is 1.33 bits per heavy atom. The molecule has 0 spiro atoms. The van der Waals surface area contributed by atoms with Crippen molar-refractivity contribution in [1.29, 1.82) is 0 Å². The van der Waals surface area contributed by atoms with Crippen LogP contribution in [0.25, 0.3) is 0 Å². The second kappa shape index (κ2) is 10.1. The molecule has 0 bridgehead atoms. The van der Waals surface area contributed by atoms with Crippen molar-refractivity contribution >= 4 is 29.3 Å². The number of aliphatic hydroxyl groups excluding tert-OH is 3. The van der Waals surface area contributed by atoms with Gasteiger partial charge in [-0.1, -0.05) is 13.3 Å². The standard InChI is InChI=1S/C18H33ClN2O5S/c1-5-6-10-7-11(21(3)8-10)17(25)20-12(9(2)19)16-14(23)13(22)15(24)18(26-16)27-4/h9-16,18,22-24H,5-8H2,1-4H3,(H,20,25)/t9-,10?,11?,12+,13+,14-,15-,16-,18-/m1/s1. The number of carbonyl (C=O) groups is 1. The van der Waals surface area contributed by atoms with Crippen LogP contribution >= 0.6 is 23.4 Å². The van der Waals surface area contributed by atoms with Gasteiger partial charge in [-0.2, -0.15) is 0 Å². The highest BCUT2D eigenvalue weighted by Crippen LogP contribution is 2.31. The third kappa shape index (κ3) is 5.29. The van der Waals surface area contributed by atoms with Crippen molar-refractivity contribution in [3.05, 3.63) is 0 Å². The number of hydrogen-bond acceptors (Lipinski definition) is 7. The Hall–Kier alpha value is -0.0900. The van der Waals surface area contributed by atoms with Gasteiger partial charge in [0.15, 0.2) is 0 Å². The number of likely N-dealkylation sites (N-methyl/N-ethyl adjacent to an activating group) is 1. The molecular formula is C18H33ClN2O5S. The maximum atomic E-state index is 12.9. The van der Waals surface area contributed by atoms with Gasteiger partial charge in [0, 0.05) is 6.54 Å². The van der Waals surface area contributed by atoms with Crippen molar-refractivity contribution in [2.75, 3.05) is 19.8 Å². The minimum absolute atomic E-state index is 0.147. The Kier molecular flexibility index (Phi) is 8.67. The Labute approximate surface area is 170 Å². The van der Waals surface area contributed by atoms with Crippen LogP contribution in [-0.4, -0.2) is 93.3 Å². The topological polar surface area (TPSA) is 102 Å². The molecule has 9 heteroatoms. The number of rotatable bonds is 7. The van der Waals surface area contributed by atoms with E-state index in [0.29, 0.717) is 5.92 Å². The molecule has 0 radical (unpaired) electrons. The lowest BCUT2D eigenvalue weighted by Gasteiger charge is -2.44. The van der Waals surface area contributed by atoms with E-state index in [1.165, 1.54) is 11.8 Å². The van der Waals surface area contributed by atoms with Crippen molar-refractivity contribution in [2.24, 2.45) is 5.92 Å². The van der Waals surface area contributed by atoms with E-state index in [2.05, 4.69) is 12.2 Å². The molecule has 0 aromatic carbocycles. The normalized spacial score (nSPS) is 39.9. The Balaban J connectivity index is 2.09. The van der Waals surface area contributed by atoms with Gasteiger partial charge in [0.05, 0.1) is 17.5 Å². The molecule has 2 heterocycles. The predicted molar refractivity (Wildman–Crippen MR) is 107 cm³/mol. The van der Waals surface area contributed by atoms with Crippen molar-refractivity contribution in [3.8, 4) is 0 Å². The molecule has 0 aromatic rings. The number of alkyl halides is 1. The van der Waals surface area contributed by atoms with Gasteiger partial charge in [-0.3, -0.25) is 9.69 Å². The highest BCUT2D eigenvalue weighted by molar-refractivity contribution is 7.99. The molecule has 27 heavy (non-hydrogen) atoms. The monoisotopic (exact) mass is 424 g/mol. The quantitative estimate of drug-likeness (QED) is 0.438. The highest BCUT2D eigenvalue weighted by Gasteiger charge is 2.48. The van der Waals surface area contributed by atoms with Crippen molar-refractivity contribution in [2.45, 2.75) is 80.4 Å². The summed E-state index contributed by atoms with van der Waals surface area (Å²) >= 11 is 7.55. The number of halogens is 1. The third-order valence-corrected chi connectivity index (χ3v) is 6.76. The zero-order chi connectivity index (χ0) is 20.3. The van der Waals surface area contributed by atoms with Crippen molar-refractivity contribution in [1.82, 2.24) is 10.2 Å². The van der Waals surface area contributed by atoms with Crippen LogP contribution in [0.4, 0.5) is 0 Å². The molecule has 1 amide bonds. The van der Waals surface area contributed by atoms with E-state index in [4.69, 9.17) is 16.3 Å². The second-order valence-electron chi connectivity index (χ2n) is 7.73. The average molecular weight is 425 g/mol. The van der Waals surface area contributed by atoms with Gasteiger partial charge in [0.1, 0.15) is 29.9 Å². The van der Waals surface area contributed by atoms with Crippen LogP contribution in [0.1, 0.15) is 33.1 Å². The fourth-order valence-electron chi connectivity index (χ4n) is 4.11. The summed E-state index contributed by atoms with van der Waals surface area (Å²) in [5.41, 5.74) is -0.702. The Morgan fingerprint density at radius 2 is 2.00 bits per heavy atom. The predicted octanol–water partition coefficient (Wildman–Crippen LogP) is 0.390. The number of carbonyl (C=O) groups excluding carboxylic acids is 1. The van der Waals surface area contributed by atoms with Crippen LogP contribution in [-0.2, 0) is 9.53 Å². The summed E-state index contributed by atoms with van der Waals surface area (Å²) in [4.78, 5) is 14.9. The number of hydrogen-bond donors (Lipinski definition) is 4. The van der Waals surface area contributed by atoms with Gasteiger partial charge in [-0.15, -0.1) is 23.4 Å². The van der Waals surface area contributed by atoms with E-state index in [1.807, 2.05) is 11.9 Å². The van der Waals surface area contributed by atoms with E-state index in [9.17, 15) is 20.1 Å². The molecule has 2 aliphatic rings. The molecular weight excluding hydrogens is 392 g/mol. The molecule has 0 saturated carbocycles. The molecule has 158 valence electrons. The third-order valence-electron chi connectivity index (χ3n) is 5.63. The number of nitrogens with zero attached hydrogens (tertiary/aromatic N) is 1. The van der Waals surface area contributed by atoms with E-state index in [-0.39, 0.29) is 11.9 Å². The van der Waals surface area contributed by atoms with Gasteiger partial charge < -0.3 is 25.4 Å². The number of amides is 1. The first-order chi connectivity index (χ1) is 12.7. The van der Waals surface area contributed by atoms with E-state index in [1.54, 1.807) is 13.2 Å². The molecule has 0 aliphatic carbocycles. The summed E-state index contributed by atoms with van der Waals surface area (Å²) in [5, 5.41) is 33.0. The number of likely N-dealkylation sites (tertiary alicyclic amines) is 1. The highest BCUT2D eigenvalue weighted by atomic mass is 35.5. The van der Waals surface area contributed by atoms with Gasteiger partial charge in [-0.25, -0.2) is 0 Å². The average Bonchev–Trinajstić information content (AvgIpc) is 2.99. The number of thioether (sulfide) groups is 1. The molecule has 4 N–H and O–H groups in total. The van der Waals surface area contributed by atoms with Crippen LogP contribution in [0.15, 0.2) is 0 Å². The van der Waals surface area contributed by atoms with E-state index >= 15 is 0 Å². The van der Waals surface area contributed by atoms with Crippen molar-refractivity contribution in [3.63, 3.8) is 0 Å². The Morgan fingerprint density at radius 3 is 2.56 bits per heavy atom. The lowest BCUT2D eigenvalue weighted by atomic mass is 9.92. The second-order valence-corrected chi connectivity index (χ2v) is 9.36. The lowest BCUT2D eigenvalue weighted by molar-refractivity contribution is -0.205. The molecule has 0 aromatic heterocycles. The van der Waals surface area contributed by atoms with Gasteiger partial charge in [-0.05, 0) is 39.0 Å². The van der Waals surface area contributed by atoms with Gasteiger partial charge >= 0.3 is 0 Å². The first-order valence-electron chi connectivity index (χ1n) is 9.58. The summed E-state index contributed by atoms with van der Waals surface area (Å²) in [7, 11) is 1.94. The van der Waals surface area contributed by atoms with Crippen LogP contribution in [0.5, 0.6) is 0 Å². The molecule has 2 fully saturated rings. The molecule has 2 unspecified atom stereocenters. The number of nitrogens with one attached hydrogen (secondary N) is 1. The largest absolute Gasteiger partial charge is 0.388 e. The first-order valence-corrected chi connectivity index (χ1v) is 11.3. The van der Waals surface area contributed by atoms with E-state index in [0.717, 1.165) is 25.8 Å². The molecule has 2 aliphatic heterocycles. The summed E-state index contributed by atoms with van der Waals surface area (Å²) in [6.07, 6.45) is -0.0980. The minimum atomic E-state index is -1.36. The van der Waals surface area contributed by atoms with Crippen LogP contribution < -0.4 is 5.32 Å². The number of aliphatic hydroxyl groups is 3. The maximum absolute atomic E-state index is 12.9. The summed E-state index contributed by atoms with van der Waals surface area (Å²) in [6, 6.07) is -0.934. The van der Waals surface area contributed by atoms with Gasteiger partial charge in [0.25, 0.3) is 0 Å². The van der Waals surface area contributed by atoms with Crippen LogP contribution in [0, 0.1) is 5.92 Å². The smallest absolute Gasteiger partial charge is 0.237 e. The minimum Gasteiger partial charge on any atom is -0.388 e. The van der Waals surface area contributed by atoms with E-state index < -0.39 is 41.3 Å². The molecule has 2 saturated heterocycles. The zero-order valence-electron chi connectivity index (χ0n) is 16.4. The fraction of sp³-hybridized carbons (Fsp3) is 0.944. The fourth-order valence-corrected chi connectivity index (χ4v) is 5.00. The zero-order valence-corrected chi connectivity index (χ0v) is 18.0. The van der Waals surface area contributed by atoms with Crippen LogP contribution in [0.2, 0.25) is 0 Å². The Bertz CT molecular complexity index is 498. The number of ether oxygens (including phenoxy) is 1. The molecule has 7 nitrogen and oxygen atoms in total. The molecule has 9 atom stereocenters. The van der Waals surface area contributed by atoms with Gasteiger partial charge in [0.2, 0.25) is 5.91 Å².